The SMILES string of the molecule is CCCOC1CCCN(c2cc(Br)ccc2CC(C)N)C1. The van der Waals surface area contributed by atoms with Crippen LogP contribution in [-0.4, -0.2) is 31.8 Å². The highest BCUT2D eigenvalue weighted by molar-refractivity contribution is 9.10. The Kier molecular flexibility index (Phi) is 6.52. The average Bonchev–Trinajstić information content (AvgIpc) is 2.47. The number of benzene rings is 1. The van der Waals surface area contributed by atoms with E-state index in [1.165, 1.54) is 24.1 Å². The van der Waals surface area contributed by atoms with E-state index >= 15 is 0 Å². The van der Waals surface area contributed by atoms with Gasteiger partial charge in [-0.15, -0.1) is 0 Å². The van der Waals surface area contributed by atoms with Crippen LogP contribution >= 0.6 is 15.9 Å². The largest absolute Gasteiger partial charge is 0.376 e. The van der Waals surface area contributed by atoms with E-state index in [4.69, 9.17) is 10.5 Å². The Balaban J connectivity index is 2.13. The third-order valence-electron chi connectivity index (χ3n) is 3.87. The minimum absolute atomic E-state index is 0.182. The van der Waals surface area contributed by atoms with Crippen LogP contribution in [-0.2, 0) is 11.2 Å². The van der Waals surface area contributed by atoms with Gasteiger partial charge < -0.3 is 15.4 Å². The molecule has 118 valence electrons. The molecule has 1 saturated heterocycles. The van der Waals surface area contributed by atoms with E-state index in [-0.39, 0.29) is 6.04 Å². The molecule has 0 saturated carbocycles. The molecule has 1 heterocycles. The van der Waals surface area contributed by atoms with Crippen LogP contribution < -0.4 is 10.6 Å². The van der Waals surface area contributed by atoms with Gasteiger partial charge >= 0.3 is 0 Å². The van der Waals surface area contributed by atoms with Crippen molar-refractivity contribution in [2.75, 3.05) is 24.6 Å². The van der Waals surface area contributed by atoms with Gasteiger partial charge in [0.05, 0.1) is 6.10 Å². The van der Waals surface area contributed by atoms with E-state index in [1.807, 2.05) is 0 Å². The monoisotopic (exact) mass is 354 g/mol. The summed E-state index contributed by atoms with van der Waals surface area (Å²) in [7, 11) is 0. The first-order valence-electron chi connectivity index (χ1n) is 8.00. The number of hydrogen-bond donors (Lipinski definition) is 1. The number of ether oxygens (including phenoxy) is 1. The number of halogens is 1. The summed E-state index contributed by atoms with van der Waals surface area (Å²) in [5, 5.41) is 0. The van der Waals surface area contributed by atoms with E-state index < -0.39 is 0 Å². The van der Waals surface area contributed by atoms with Gasteiger partial charge in [-0.3, -0.25) is 0 Å². The van der Waals surface area contributed by atoms with Gasteiger partial charge in [0.25, 0.3) is 0 Å². The van der Waals surface area contributed by atoms with Crippen molar-refractivity contribution in [3.05, 3.63) is 28.2 Å². The topological polar surface area (TPSA) is 38.5 Å². The smallest absolute Gasteiger partial charge is 0.0750 e. The number of rotatable bonds is 6. The third kappa shape index (κ3) is 4.97. The van der Waals surface area contributed by atoms with Crippen molar-refractivity contribution < 1.29 is 4.74 Å². The molecule has 1 aromatic carbocycles. The minimum atomic E-state index is 0.182. The summed E-state index contributed by atoms with van der Waals surface area (Å²) in [5.41, 5.74) is 8.65. The van der Waals surface area contributed by atoms with Gasteiger partial charge in [0.15, 0.2) is 0 Å². The summed E-state index contributed by atoms with van der Waals surface area (Å²) in [6.45, 7) is 7.19. The van der Waals surface area contributed by atoms with Crippen molar-refractivity contribution in [2.45, 2.75) is 51.7 Å². The van der Waals surface area contributed by atoms with E-state index in [0.717, 1.165) is 37.0 Å². The van der Waals surface area contributed by atoms with Crippen LogP contribution in [0.15, 0.2) is 22.7 Å². The Morgan fingerprint density at radius 2 is 2.29 bits per heavy atom. The molecule has 2 atom stereocenters. The Bertz CT molecular complexity index is 450. The Hall–Kier alpha value is -0.580. The summed E-state index contributed by atoms with van der Waals surface area (Å²) >= 11 is 3.60. The fourth-order valence-electron chi connectivity index (χ4n) is 2.93. The van der Waals surface area contributed by atoms with Crippen LogP contribution in [0.3, 0.4) is 0 Å². The quantitative estimate of drug-likeness (QED) is 0.845. The lowest BCUT2D eigenvalue weighted by Gasteiger charge is -2.35. The Labute approximate surface area is 137 Å². The second-order valence-corrected chi connectivity index (χ2v) is 6.95. The molecular formula is C17H27BrN2O. The van der Waals surface area contributed by atoms with E-state index in [9.17, 15) is 0 Å². The second-order valence-electron chi connectivity index (χ2n) is 6.04. The molecule has 2 unspecified atom stereocenters. The standard InChI is InChI=1S/C17H27BrN2O/c1-3-9-21-16-5-4-8-20(12-16)17-11-15(18)7-6-14(17)10-13(2)19/h6-7,11,13,16H,3-5,8-10,12,19H2,1-2H3. The van der Waals surface area contributed by atoms with Crippen molar-refractivity contribution in [2.24, 2.45) is 5.73 Å². The van der Waals surface area contributed by atoms with Crippen molar-refractivity contribution >= 4 is 21.6 Å². The molecule has 0 radical (unpaired) electrons. The molecule has 1 aliphatic heterocycles. The van der Waals surface area contributed by atoms with Crippen molar-refractivity contribution in [1.82, 2.24) is 0 Å². The first-order chi connectivity index (χ1) is 10.1. The molecule has 3 nitrogen and oxygen atoms in total. The lowest BCUT2D eigenvalue weighted by Crippen LogP contribution is -2.40. The lowest BCUT2D eigenvalue weighted by molar-refractivity contribution is 0.0440. The maximum absolute atomic E-state index is 6.00. The Morgan fingerprint density at radius 3 is 3.00 bits per heavy atom. The highest BCUT2D eigenvalue weighted by Crippen LogP contribution is 2.29. The molecule has 0 spiro atoms. The Morgan fingerprint density at radius 1 is 1.48 bits per heavy atom. The van der Waals surface area contributed by atoms with Gasteiger partial charge in [-0.05, 0) is 50.3 Å². The first-order valence-corrected chi connectivity index (χ1v) is 8.80. The fraction of sp³-hybridized carbons (Fsp3) is 0.647. The molecule has 4 heteroatoms. The normalized spacial score (nSPS) is 20.6. The van der Waals surface area contributed by atoms with Crippen LogP contribution in [0, 0.1) is 0 Å². The summed E-state index contributed by atoms with van der Waals surface area (Å²) in [5.74, 6) is 0. The summed E-state index contributed by atoms with van der Waals surface area (Å²) in [6.07, 6.45) is 4.73. The zero-order valence-corrected chi connectivity index (χ0v) is 14.7. The van der Waals surface area contributed by atoms with E-state index in [2.05, 4.69) is 52.9 Å². The maximum Gasteiger partial charge on any atom is 0.0750 e. The van der Waals surface area contributed by atoms with Gasteiger partial charge in [0.2, 0.25) is 0 Å². The van der Waals surface area contributed by atoms with E-state index in [1.54, 1.807) is 0 Å². The van der Waals surface area contributed by atoms with Crippen LogP contribution in [0.25, 0.3) is 0 Å². The predicted octanol–water partition coefficient (Wildman–Crippen LogP) is 3.73. The molecule has 0 aromatic heterocycles. The molecule has 0 amide bonds. The number of nitrogens with two attached hydrogens (primary N) is 1. The first kappa shape index (κ1) is 16.8. The van der Waals surface area contributed by atoms with Crippen LogP contribution in [0.1, 0.15) is 38.7 Å². The van der Waals surface area contributed by atoms with Crippen LogP contribution in [0.2, 0.25) is 0 Å². The molecule has 0 aliphatic carbocycles. The minimum Gasteiger partial charge on any atom is -0.376 e. The molecule has 2 rings (SSSR count). The van der Waals surface area contributed by atoms with Gasteiger partial charge in [0, 0.05) is 35.9 Å². The molecular weight excluding hydrogens is 328 g/mol. The summed E-state index contributed by atoms with van der Waals surface area (Å²) < 4.78 is 7.08. The molecule has 1 fully saturated rings. The zero-order valence-electron chi connectivity index (χ0n) is 13.1. The fourth-order valence-corrected chi connectivity index (χ4v) is 3.28. The van der Waals surface area contributed by atoms with Crippen molar-refractivity contribution in [3.8, 4) is 0 Å². The van der Waals surface area contributed by atoms with Crippen molar-refractivity contribution in [3.63, 3.8) is 0 Å². The summed E-state index contributed by atoms with van der Waals surface area (Å²) in [6, 6.07) is 6.71. The van der Waals surface area contributed by atoms with Gasteiger partial charge in [-0.2, -0.15) is 0 Å². The molecule has 0 bridgehead atoms. The number of piperidine rings is 1. The number of anilines is 1. The lowest BCUT2D eigenvalue weighted by atomic mass is 10.0. The third-order valence-corrected chi connectivity index (χ3v) is 4.36. The highest BCUT2D eigenvalue weighted by Gasteiger charge is 2.22. The molecule has 21 heavy (non-hydrogen) atoms. The molecule has 1 aromatic rings. The highest BCUT2D eigenvalue weighted by atomic mass is 79.9. The molecule has 2 N–H and O–H groups in total. The average molecular weight is 355 g/mol. The predicted molar refractivity (Wildman–Crippen MR) is 93.0 cm³/mol. The number of hydrogen-bond acceptors (Lipinski definition) is 3. The van der Waals surface area contributed by atoms with Gasteiger partial charge in [0.1, 0.15) is 0 Å². The zero-order chi connectivity index (χ0) is 15.2. The number of nitrogens with zero attached hydrogens (tertiary/aromatic N) is 1. The van der Waals surface area contributed by atoms with Crippen LogP contribution in [0.5, 0.6) is 0 Å². The van der Waals surface area contributed by atoms with Crippen molar-refractivity contribution in [1.29, 1.82) is 0 Å². The molecule has 1 aliphatic rings. The van der Waals surface area contributed by atoms with E-state index in [0.29, 0.717) is 6.10 Å². The second kappa shape index (κ2) is 8.16. The maximum atomic E-state index is 6.00. The van der Waals surface area contributed by atoms with Gasteiger partial charge in [-0.1, -0.05) is 28.9 Å². The van der Waals surface area contributed by atoms with Crippen LogP contribution in [0.4, 0.5) is 5.69 Å². The van der Waals surface area contributed by atoms with Gasteiger partial charge in [-0.25, -0.2) is 0 Å². The summed E-state index contributed by atoms with van der Waals surface area (Å²) in [4.78, 5) is 2.46.